The molecule has 7 heteroatoms. The zero-order valence-corrected chi connectivity index (χ0v) is 9.48. The van der Waals surface area contributed by atoms with E-state index >= 15 is 0 Å². The van der Waals surface area contributed by atoms with Crippen LogP contribution in [-0.4, -0.2) is 33.1 Å². The lowest BCUT2D eigenvalue weighted by molar-refractivity contribution is -0.139. The molecule has 0 unspecified atom stereocenters. The van der Waals surface area contributed by atoms with Crippen LogP contribution in [0.5, 0.6) is 0 Å². The molecule has 0 amide bonds. The van der Waals surface area contributed by atoms with Crippen LogP contribution in [0.15, 0.2) is 17.1 Å². The summed E-state index contributed by atoms with van der Waals surface area (Å²) in [5, 5.41) is 9.72. The minimum atomic E-state index is -0.319. The van der Waals surface area contributed by atoms with Crippen molar-refractivity contribution in [2.75, 3.05) is 7.11 Å². The summed E-state index contributed by atoms with van der Waals surface area (Å²) >= 11 is 1.53. The van der Waals surface area contributed by atoms with Gasteiger partial charge < -0.3 is 4.74 Å². The van der Waals surface area contributed by atoms with Crippen molar-refractivity contribution < 1.29 is 9.53 Å². The Morgan fingerprint density at radius 3 is 3.12 bits per heavy atom. The summed E-state index contributed by atoms with van der Waals surface area (Å²) in [4.78, 5) is 15.1. The summed E-state index contributed by atoms with van der Waals surface area (Å²) in [6.07, 6.45) is 1.86. The molecule has 0 aliphatic carbocycles. The van der Waals surface area contributed by atoms with Gasteiger partial charge >= 0.3 is 5.97 Å². The van der Waals surface area contributed by atoms with Crippen LogP contribution in [0.2, 0.25) is 0 Å². The van der Waals surface area contributed by atoms with Crippen LogP contribution in [0, 0.1) is 0 Å². The molecule has 0 aromatic carbocycles. The van der Waals surface area contributed by atoms with Crippen LogP contribution >= 0.6 is 11.3 Å². The van der Waals surface area contributed by atoms with Crippen molar-refractivity contribution in [1.82, 2.24) is 20.0 Å². The van der Waals surface area contributed by atoms with Crippen molar-refractivity contribution in [2.24, 2.45) is 0 Å². The number of ether oxygens (including phenoxy) is 1. The second-order valence-electron chi connectivity index (χ2n) is 3.14. The number of rotatable bonds is 4. The predicted octanol–water partition coefficient (Wildman–Crippen LogP) is 0.498. The molecule has 0 bridgehead atoms. The Hall–Kier alpha value is -1.76. The number of hydrogen-bond acceptors (Lipinski definition) is 6. The third kappa shape index (κ3) is 2.63. The third-order valence-electron chi connectivity index (χ3n) is 1.95. The van der Waals surface area contributed by atoms with Crippen LogP contribution < -0.4 is 0 Å². The van der Waals surface area contributed by atoms with E-state index in [0.717, 1.165) is 5.69 Å². The number of carbonyl (C=O) groups is 1. The molecule has 2 aromatic heterocycles. The van der Waals surface area contributed by atoms with E-state index in [9.17, 15) is 4.79 Å². The maximum absolute atomic E-state index is 11.0. The van der Waals surface area contributed by atoms with E-state index in [0.29, 0.717) is 12.2 Å². The fourth-order valence-corrected chi connectivity index (χ4v) is 1.75. The maximum atomic E-state index is 11.0. The fourth-order valence-electron chi connectivity index (χ4n) is 1.20. The highest BCUT2D eigenvalue weighted by Gasteiger charge is 2.07. The van der Waals surface area contributed by atoms with Crippen LogP contribution in [0.3, 0.4) is 0 Å². The van der Waals surface area contributed by atoms with Gasteiger partial charge in [-0.3, -0.25) is 4.79 Å². The average molecular weight is 238 g/mol. The highest BCUT2D eigenvalue weighted by molar-refractivity contribution is 7.07. The van der Waals surface area contributed by atoms with Crippen LogP contribution in [-0.2, 0) is 22.5 Å². The third-order valence-corrected chi connectivity index (χ3v) is 2.58. The Kier molecular flexibility index (Phi) is 3.25. The molecule has 2 heterocycles. The van der Waals surface area contributed by atoms with E-state index in [2.05, 4.69) is 20.0 Å². The summed E-state index contributed by atoms with van der Waals surface area (Å²) < 4.78 is 6.19. The second kappa shape index (κ2) is 4.84. The van der Waals surface area contributed by atoms with Crippen LogP contribution in [0.1, 0.15) is 11.4 Å². The SMILES string of the molecule is COC(=O)Cc1cn(Cc2cscn2)nn1. The molecular formula is C9H10N4O2S. The Bertz CT molecular complexity index is 466. The van der Waals surface area contributed by atoms with E-state index in [1.54, 1.807) is 16.4 Å². The average Bonchev–Trinajstić information content (AvgIpc) is 2.91. The molecule has 0 aliphatic heterocycles. The van der Waals surface area contributed by atoms with Crippen LogP contribution in [0.4, 0.5) is 0 Å². The summed E-state index contributed by atoms with van der Waals surface area (Å²) in [6, 6.07) is 0. The van der Waals surface area contributed by atoms with Gasteiger partial charge in [-0.1, -0.05) is 5.21 Å². The standard InChI is InChI=1S/C9H10N4O2S/c1-15-9(14)2-7-3-13(12-11-7)4-8-5-16-6-10-8/h3,5-6H,2,4H2,1H3. The number of carbonyl (C=O) groups excluding carboxylic acids is 1. The van der Waals surface area contributed by atoms with Gasteiger partial charge in [0.1, 0.15) is 0 Å². The monoisotopic (exact) mass is 238 g/mol. The van der Waals surface area contributed by atoms with E-state index < -0.39 is 0 Å². The van der Waals surface area contributed by atoms with Gasteiger partial charge in [0.2, 0.25) is 0 Å². The Labute approximate surface area is 95.9 Å². The highest BCUT2D eigenvalue weighted by Crippen LogP contribution is 2.04. The van der Waals surface area contributed by atoms with Gasteiger partial charge in [-0.25, -0.2) is 9.67 Å². The van der Waals surface area contributed by atoms with Crippen molar-refractivity contribution in [3.8, 4) is 0 Å². The van der Waals surface area contributed by atoms with Crippen molar-refractivity contribution in [1.29, 1.82) is 0 Å². The number of methoxy groups -OCH3 is 1. The predicted molar refractivity (Wildman–Crippen MR) is 57.0 cm³/mol. The molecule has 0 fully saturated rings. The lowest BCUT2D eigenvalue weighted by atomic mass is 10.3. The zero-order valence-electron chi connectivity index (χ0n) is 8.66. The minimum Gasteiger partial charge on any atom is -0.469 e. The molecule has 0 saturated carbocycles. The molecule has 0 spiro atoms. The number of esters is 1. The normalized spacial score (nSPS) is 10.3. The molecular weight excluding hydrogens is 228 g/mol. The summed E-state index contributed by atoms with van der Waals surface area (Å²) in [5.41, 5.74) is 3.29. The summed E-state index contributed by atoms with van der Waals surface area (Å²) in [6.45, 7) is 0.567. The first-order valence-electron chi connectivity index (χ1n) is 4.61. The lowest BCUT2D eigenvalue weighted by Crippen LogP contribution is -2.04. The van der Waals surface area contributed by atoms with Gasteiger partial charge in [0.25, 0.3) is 0 Å². The fraction of sp³-hybridized carbons (Fsp3) is 0.333. The zero-order chi connectivity index (χ0) is 11.4. The molecule has 2 rings (SSSR count). The Balaban J connectivity index is 1.99. The van der Waals surface area contributed by atoms with E-state index in [4.69, 9.17) is 0 Å². The van der Waals surface area contributed by atoms with Gasteiger partial charge in [0, 0.05) is 11.6 Å². The Morgan fingerprint density at radius 2 is 2.44 bits per heavy atom. The molecule has 0 aliphatic rings. The van der Waals surface area contributed by atoms with Gasteiger partial charge in [-0.05, 0) is 0 Å². The van der Waals surface area contributed by atoms with E-state index in [-0.39, 0.29) is 12.4 Å². The molecule has 84 valence electrons. The Morgan fingerprint density at radius 1 is 1.56 bits per heavy atom. The van der Waals surface area contributed by atoms with Crippen LogP contribution in [0.25, 0.3) is 0 Å². The first kappa shape index (κ1) is 10.7. The van der Waals surface area contributed by atoms with Gasteiger partial charge in [-0.2, -0.15) is 0 Å². The summed E-state index contributed by atoms with van der Waals surface area (Å²) in [5.74, 6) is -0.319. The van der Waals surface area contributed by atoms with E-state index in [1.165, 1.54) is 18.4 Å². The molecule has 16 heavy (non-hydrogen) atoms. The highest BCUT2D eigenvalue weighted by atomic mass is 32.1. The smallest absolute Gasteiger partial charge is 0.311 e. The number of thiazole rings is 1. The number of aromatic nitrogens is 4. The summed E-state index contributed by atoms with van der Waals surface area (Å²) in [7, 11) is 1.35. The largest absolute Gasteiger partial charge is 0.469 e. The molecule has 6 nitrogen and oxygen atoms in total. The quantitative estimate of drug-likeness (QED) is 0.725. The first-order chi connectivity index (χ1) is 7.78. The number of nitrogens with zero attached hydrogens (tertiary/aromatic N) is 4. The maximum Gasteiger partial charge on any atom is 0.311 e. The van der Waals surface area contributed by atoms with Gasteiger partial charge in [0.15, 0.2) is 0 Å². The minimum absolute atomic E-state index is 0.146. The molecule has 2 aromatic rings. The molecule has 0 radical (unpaired) electrons. The van der Waals surface area contributed by atoms with Crippen molar-refractivity contribution >= 4 is 17.3 Å². The van der Waals surface area contributed by atoms with Gasteiger partial charge in [-0.15, -0.1) is 16.4 Å². The lowest BCUT2D eigenvalue weighted by Gasteiger charge is -1.95. The van der Waals surface area contributed by atoms with Crippen molar-refractivity contribution in [3.05, 3.63) is 28.5 Å². The molecule has 0 atom stereocenters. The molecule has 0 N–H and O–H groups in total. The topological polar surface area (TPSA) is 69.9 Å². The molecule has 0 saturated heterocycles. The number of hydrogen-bond donors (Lipinski definition) is 0. The van der Waals surface area contributed by atoms with E-state index in [1.807, 2.05) is 5.38 Å². The second-order valence-corrected chi connectivity index (χ2v) is 3.86. The van der Waals surface area contributed by atoms with Crippen molar-refractivity contribution in [3.63, 3.8) is 0 Å². The van der Waals surface area contributed by atoms with Gasteiger partial charge in [0.05, 0.1) is 37.0 Å². The van der Waals surface area contributed by atoms with Crippen molar-refractivity contribution in [2.45, 2.75) is 13.0 Å². The first-order valence-corrected chi connectivity index (χ1v) is 5.55.